The van der Waals surface area contributed by atoms with Gasteiger partial charge >= 0.3 is 0 Å². The highest BCUT2D eigenvalue weighted by Crippen LogP contribution is 2.35. The number of Topliss-reactive ketones (excluding diaryl/α,β-unsaturated/α-hetero) is 1. The zero-order chi connectivity index (χ0) is 13.8. The molecule has 20 heavy (non-hydrogen) atoms. The van der Waals surface area contributed by atoms with E-state index < -0.39 is 0 Å². The third-order valence-corrected chi connectivity index (χ3v) is 4.49. The molecule has 1 nitrogen and oxygen atoms in total. The van der Waals surface area contributed by atoms with Gasteiger partial charge < -0.3 is 0 Å². The van der Waals surface area contributed by atoms with Gasteiger partial charge in [-0.3, -0.25) is 4.79 Å². The Morgan fingerprint density at radius 1 is 1.00 bits per heavy atom. The predicted octanol–water partition coefficient (Wildman–Crippen LogP) is 4.94. The molecular weight excluding hydrogens is 244 g/mol. The lowest BCUT2D eigenvalue weighted by atomic mass is 9.76. The minimum atomic E-state index is 0.180. The van der Waals surface area contributed by atoms with Gasteiger partial charge in [-0.1, -0.05) is 42.0 Å². The summed E-state index contributed by atoms with van der Waals surface area (Å²) >= 11 is 0. The standard InChI is InChI=1S/C19H22O/c20-19-17(14-15-8-3-1-4-9-15)12-7-13-18(19)16-10-5-2-6-11-16/h1,3-4,8-10,14,18H,2,5-7,11-13H2. The third-order valence-electron chi connectivity index (χ3n) is 4.49. The van der Waals surface area contributed by atoms with E-state index in [0.29, 0.717) is 5.78 Å². The Hall–Kier alpha value is -1.63. The molecule has 2 aliphatic carbocycles. The maximum absolute atomic E-state index is 12.7. The van der Waals surface area contributed by atoms with Crippen LogP contribution in [0.5, 0.6) is 0 Å². The third kappa shape index (κ3) is 2.92. The molecule has 1 aromatic carbocycles. The second-order valence-electron chi connectivity index (χ2n) is 5.91. The molecule has 1 saturated carbocycles. The minimum absolute atomic E-state index is 0.180. The first-order valence-corrected chi connectivity index (χ1v) is 7.83. The molecule has 0 heterocycles. The number of hydrogen-bond acceptors (Lipinski definition) is 1. The molecule has 0 amide bonds. The highest BCUT2D eigenvalue weighted by atomic mass is 16.1. The molecule has 1 heteroatoms. The highest BCUT2D eigenvalue weighted by molar-refractivity contribution is 6.03. The Bertz CT molecular complexity index is 536. The SMILES string of the molecule is O=C1C(=Cc2ccccc2)CCCC1C1=CCCCC1. The van der Waals surface area contributed by atoms with Crippen LogP contribution in [0.25, 0.3) is 6.08 Å². The highest BCUT2D eigenvalue weighted by Gasteiger charge is 2.29. The number of allylic oxidation sites excluding steroid dienone is 3. The quantitative estimate of drug-likeness (QED) is 0.547. The first kappa shape index (κ1) is 13.4. The molecule has 3 rings (SSSR count). The first-order chi connectivity index (χ1) is 9.84. The Morgan fingerprint density at radius 2 is 1.85 bits per heavy atom. The Labute approximate surface area is 121 Å². The summed E-state index contributed by atoms with van der Waals surface area (Å²) in [6.07, 6.45) is 12.4. The molecule has 0 aliphatic heterocycles. The lowest BCUT2D eigenvalue weighted by Crippen LogP contribution is -2.24. The summed E-state index contributed by atoms with van der Waals surface area (Å²) in [5.41, 5.74) is 3.59. The van der Waals surface area contributed by atoms with Crippen molar-refractivity contribution in [3.8, 4) is 0 Å². The van der Waals surface area contributed by atoms with Crippen molar-refractivity contribution < 1.29 is 4.79 Å². The van der Waals surface area contributed by atoms with Crippen LogP contribution in [0, 0.1) is 5.92 Å². The van der Waals surface area contributed by atoms with E-state index in [2.05, 4.69) is 24.3 Å². The zero-order valence-electron chi connectivity index (χ0n) is 12.0. The maximum atomic E-state index is 12.7. The van der Waals surface area contributed by atoms with Gasteiger partial charge in [0.25, 0.3) is 0 Å². The summed E-state index contributed by atoms with van der Waals surface area (Å²) in [6, 6.07) is 10.2. The van der Waals surface area contributed by atoms with Gasteiger partial charge in [0.1, 0.15) is 0 Å². The van der Waals surface area contributed by atoms with E-state index in [0.717, 1.165) is 43.2 Å². The molecule has 1 atom stereocenters. The van der Waals surface area contributed by atoms with E-state index >= 15 is 0 Å². The Balaban J connectivity index is 1.82. The van der Waals surface area contributed by atoms with Crippen molar-refractivity contribution in [3.05, 3.63) is 53.1 Å². The largest absolute Gasteiger partial charge is 0.294 e. The molecule has 1 aromatic rings. The molecule has 2 aliphatic rings. The van der Waals surface area contributed by atoms with Gasteiger partial charge in [-0.05, 0) is 62.2 Å². The number of benzene rings is 1. The van der Waals surface area contributed by atoms with Gasteiger partial charge in [0.15, 0.2) is 5.78 Å². The van der Waals surface area contributed by atoms with Crippen molar-refractivity contribution in [2.75, 3.05) is 0 Å². The average molecular weight is 266 g/mol. The molecular formula is C19H22O. The van der Waals surface area contributed by atoms with Gasteiger partial charge in [-0.25, -0.2) is 0 Å². The van der Waals surface area contributed by atoms with Crippen LogP contribution >= 0.6 is 0 Å². The van der Waals surface area contributed by atoms with Gasteiger partial charge in [0, 0.05) is 5.92 Å². The molecule has 1 fully saturated rings. The van der Waals surface area contributed by atoms with E-state index in [-0.39, 0.29) is 5.92 Å². The molecule has 0 bridgehead atoms. The molecule has 0 saturated heterocycles. The van der Waals surface area contributed by atoms with Crippen LogP contribution in [0.1, 0.15) is 50.5 Å². The monoisotopic (exact) mass is 266 g/mol. The van der Waals surface area contributed by atoms with Crippen LogP contribution in [-0.2, 0) is 4.79 Å². The van der Waals surface area contributed by atoms with Crippen molar-refractivity contribution in [1.29, 1.82) is 0 Å². The van der Waals surface area contributed by atoms with E-state index in [1.54, 1.807) is 0 Å². The molecule has 104 valence electrons. The second kappa shape index (κ2) is 6.21. The predicted molar refractivity (Wildman–Crippen MR) is 83.3 cm³/mol. The number of hydrogen-bond donors (Lipinski definition) is 0. The fourth-order valence-electron chi connectivity index (χ4n) is 3.40. The number of rotatable bonds is 2. The lowest BCUT2D eigenvalue weighted by molar-refractivity contribution is -0.119. The summed E-state index contributed by atoms with van der Waals surface area (Å²) < 4.78 is 0. The summed E-state index contributed by atoms with van der Waals surface area (Å²) in [5.74, 6) is 0.562. The maximum Gasteiger partial charge on any atom is 0.165 e. The van der Waals surface area contributed by atoms with Crippen molar-refractivity contribution in [2.45, 2.75) is 44.9 Å². The lowest BCUT2D eigenvalue weighted by Gasteiger charge is -2.27. The number of ketones is 1. The van der Waals surface area contributed by atoms with E-state index in [4.69, 9.17) is 0 Å². The topological polar surface area (TPSA) is 17.1 Å². The molecule has 0 aromatic heterocycles. The van der Waals surface area contributed by atoms with Gasteiger partial charge in [0.05, 0.1) is 0 Å². The van der Waals surface area contributed by atoms with Crippen LogP contribution in [0.15, 0.2) is 47.6 Å². The van der Waals surface area contributed by atoms with E-state index in [1.807, 2.05) is 18.2 Å². The van der Waals surface area contributed by atoms with Crippen LogP contribution < -0.4 is 0 Å². The van der Waals surface area contributed by atoms with Crippen LogP contribution in [0.3, 0.4) is 0 Å². The van der Waals surface area contributed by atoms with Crippen molar-refractivity contribution in [3.63, 3.8) is 0 Å². The first-order valence-electron chi connectivity index (χ1n) is 7.83. The summed E-state index contributed by atoms with van der Waals surface area (Å²) in [7, 11) is 0. The van der Waals surface area contributed by atoms with Crippen molar-refractivity contribution in [2.24, 2.45) is 5.92 Å². The molecule has 0 spiro atoms. The number of carbonyl (C=O) groups excluding carboxylic acids is 1. The minimum Gasteiger partial charge on any atom is -0.294 e. The second-order valence-corrected chi connectivity index (χ2v) is 5.91. The fourth-order valence-corrected chi connectivity index (χ4v) is 3.40. The fraction of sp³-hybridized carbons (Fsp3) is 0.421. The molecule has 1 unspecified atom stereocenters. The Kier molecular flexibility index (Phi) is 4.15. The Morgan fingerprint density at radius 3 is 2.60 bits per heavy atom. The van der Waals surface area contributed by atoms with Crippen LogP contribution in [0.2, 0.25) is 0 Å². The van der Waals surface area contributed by atoms with Crippen molar-refractivity contribution in [1.82, 2.24) is 0 Å². The van der Waals surface area contributed by atoms with Crippen molar-refractivity contribution >= 4 is 11.9 Å². The van der Waals surface area contributed by atoms with Gasteiger partial charge in [0.2, 0.25) is 0 Å². The van der Waals surface area contributed by atoms with Gasteiger partial charge in [-0.2, -0.15) is 0 Å². The smallest absolute Gasteiger partial charge is 0.165 e. The summed E-state index contributed by atoms with van der Waals surface area (Å²) in [4.78, 5) is 12.7. The summed E-state index contributed by atoms with van der Waals surface area (Å²) in [6.45, 7) is 0. The van der Waals surface area contributed by atoms with Crippen LogP contribution in [0.4, 0.5) is 0 Å². The summed E-state index contributed by atoms with van der Waals surface area (Å²) in [5, 5.41) is 0. The average Bonchev–Trinajstić information content (AvgIpc) is 2.51. The van der Waals surface area contributed by atoms with E-state index in [1.165, 1.54) is 18.4 Å². The van der Waals surface area contributed by atoms with Gasteiger partial charge in [-0.15, -0.1) is 0 Å². The number of carbonyl (C=O) groups is 1. The molecule has 0 N–H and O–H groups in total. The van der Waals surface area contributed by atoms with Crippen LogP contribution in [-0.4, -0.2) is 5.78 Å². The normalized spacial score (nSPS) is 25.6. The zero-order valence-corrected chi connectivity index (χ0v) is 12.0. The van der Waals surface area contributed by atoms with E-state index in [9.17, 15) is 4.79 Å². The molecule has 0 radical (unpaired) electrons.